The molecule has 21 heavy (non-hydrogen) atoms. The maximum Gasteiger partial charge on any atom is 0.387 e. The fourth-order valence-electron chi connectivity index (χ4n) is 1.62. The van der Waals surface area contributed by atoms with Crippen molar-refractivity contribution in [1.82, 2.24) is 10.3 Å². The number of hydrogen-bond donors (Lipinski definition) is 1. The molecule has 5 nitrogen and oxygen atoms in total. The van der Waals surface area contributed by atoms with Crippen LogP contribution in [-0.4, -0.2) is 17.5 Å². The number of hydrogen-bond acceptors (Lipinski definition) is 4. The predicted octanol–water partition coefficient (Wildman–Crippen LogP) is 2.65. The molecule has 0 saturated heterocycles. The van der Waals surface area contributed by atoms with Crippen molar-refractivity contribution >= 4 is 5.91 Å². The highest BCUT2D eigenvalue weighted by atomic mass is 19.3. The molecule has 1 aromatic heterocycles. The van der Waals surface area contributed by atoms with Crippen molar-refractivity contribution < 1.29 is 27.1 Å². The van der Waals surface area contributed by atoms with Crippen LogP contribution in [0.1, 0.15) is 22.0 Å². The Bertz CT molecular complexity index is 643. The van der Waals surface area contributed by atoms with Gasteiger partial charge in [0, 0.05) is 12.1 Å². The van der Waals surface area contributed by atoms with Gasteiger partial charge in [0.15, 0.2) is 0 Å². The van der Waals surface area contributed by atoms with Crippen LogP contribution in [0, 0.1) is 12.7 Å². The molecule has 0 atom stereocenters. The number of halogens is 3. The summed E-state index contributed by atoms with van der Waals surface area (Å²) in [5, 5.41) is 2.32. The standard InChI is InChI=1S/C13H11F3N2O3/c1-7-5-18-12(20-7)11(19)17-6-8-9(14)3-2-4-10(8)21-13(15)16/h2-5,13H,6H2,1H3,(H,17,19). The van der Waals surface area contributed by atoms with Crippen LogP contribution in [-0.2, 0) is 6.54 Å². The number of rotatable bonds is 5. The van der Waals surface area contributed by atoms with Crippen molar-refractivity contribution in [2.75, 3.05) is 0 Å². The third-order valence-electron chi connectivity index (χ3n) is 2.53. The van der Waals surface area contributed by atoms with Gasteiger partial charge in [0.05, 0.1) is 6.20 Å². The Balaban J connectivity index is 2.10. The van der Waals surface area contributed by atoms with E-state index in [2.05, 4.69) is 15.0 Å². The molecular formula is C13H11F3N2O3. The van der Waals surface area contributed by atoms with E-state index in [4.69, 9.17) is 4.42 Å². The Hall–Kier alpha value is -2.51. The number of amides is 1. The van der Waals surface area contributed by atoms with Gasteiger partial charge in [0.2, 0.25) is 0 Å². The first-order valence-electron chi connectivity index (χ1n) is 5.90. The minimum absolute atomic E-state index is 0.186. The lowest BCUT2D eigenvalue weighted by Gasteiger charge is -2.11. The third-order valence-corrected chi connectivity index (χ3v) is 2.53. The average molecular weight is 300 g/mol. The first kappa shape index (κ1) is 14.9. The Labute approximate surface area is 117 Å². The lowest BCUT2D eigenvalue weighted by molar-refractivity contribution is -0.0506. The van der Waals surface area contributed by atoms with Crippen molar-refractivity contribution in [3.05, 3.63) is 47.4 Å². The Morgan fingerprint density at radius 1 is 1.48 bits per heavy atom. The van der Waals surface area contributed by atoms with E-state index in [0.29, 0.717) is 5.76 Å². The van der Waals surface area contributed by atoms with Gasteiger partial charge >= 0.3 is 12.5 Å². The molecule has 2 rings (SSSR count). The zero-order valence-electron chi connectivity index (χ0n) is 10.9. The van der Waals surface area contributed by atoms with Crippen LogP contribution in [0.25, 0.3) is 0 Å². The van der Waals surface area contributed by atoms with Gasteiger partial charge in [0.1, 0.15) is 17.3 Å². The summed E-state index contributed by atoms with van der Waals surface area (Å²) in [6.07, 6.45) is 1.35. The number of benzene rings is 1. The maximum absolute atomic E-state index is 13.6. The molecule has 1 N–H and O–H groups in total. The molecular weight excluding hydrogens is 289 g/mol. The Kier molecular flexibility index (Phi) is 4.46. The number of carbonyl (C=O) groups is 1. The van der Waals surface area contributed by atoms with Gasteiger partial charge in [-0.2, -0.15) is 8.78 Å². The van der Waals surface area contributed by atoms with Crippen molar-refractivity contribution in [2.24, 2.45) is 0 Å². The molecule has 0 aliphatic rings. The zero-order valence-corrected chi connectivity index (χ0v) is 10.9. The number of ether oxygens (including phenoxy) is 1. The molecule has 112 valence electrons. The van der Waals surface area contributed by atoms with Crippen LogP contribution in [0.5, 0.6) is 5.75 Å². The van der Waals surface area contributed by atoms with Crippen LogP contribution < -0.4 is 10.1 Å². The molecule has 2 aromatic rings. The van der Waals surface area contributed by atoms with E-state index < -0.39 is 18.3 Å². The topological polar surface area (TPSA) is 64.4 Å². The van der Waals surface area contributed by atoms with E-state index in [1.54, 1.807) is 6.92 Å². The summed E-state index contributed by atoms with van der Waals surface area (Å²) in [5.41, 5.74) is -0.186. The van der Waals surface area contributed by atoms with Crippen molar-refractivity contribution in [3.63, 3.8) is 0 Å². The largest absolute Gasteiger partial charge is 0.438 e. The number of nitrogens with one attached hydrogen (secondary N) is 1. The number of aryl methyl sites for hydroxylation is 1. The van der Waals surface area contributed by atoms with E-state index in [-0.39, 0.29) is 23.7 Å². The van der Waals surface area contributed by atoms with Crippen molar-refractivity contribution in [3.8, 4) is 5.75 Å². The summed E-state index contributed by atoms with van der Waals surface area (Å²) in [7, 11) is 0. The van der Waals surface area contributed by atoms with E-state index in [1.807, 2.05) is 0 Å². The molecule has 0 unspecified atom stereocenters. The van der Waals surface area contributed by atoms with Gasteiger partial charge < -0.3 is 14.5 Å². The van der Waals surface area contributed by atoms with Gasteiger partial charge in [-0.05, 0) is 19.1 Å². The molecule has 1 heterocycles. The summed E-state index contributed by atoms with van der Waals surface area (Å²) >= 11 is 0. The number of carbonyl (C=O) groups excluding carboxylic acids is 1. The van der Waals surface area contributed by atoms with Gasteiger partial charge in [-0.15, -0.1) is 0 Å². The third kappa shape index (κ3) is 3.74. The average Bonchev–Trinajstić information content (AvgIpc) is 2.84. The minimum atomic E-state index is -3.09. The zero-order chi connectivity index (χ0) is 15.4. The molecule has 1 amide bonds. The minimum Gasteiger partial charge on any atom is -0.438 e. The molecule has 0 saturated carbocycles. The highest BCUT2D eigenvalue weighted by Gasteiger charge is 2.17. The second-order valence-electron chi connectivity index (χ2n) is 4.05. The van der Waals surface area contributed by atoms with E-state index >= 15 is 0 Å². The molecule has 0 spiro atoms. The Morgan fingerprint density at radius 2 is 2.24 bits per heavy atom. The molecule has 1 aromatic carbocycles. The summed E-state index contributed by atoms with van der Waals surface area (Å²) in [6.45, 7) is -1.82. The maximum atomic E-state index is 13.6. The smallest absolute Gasteiger partial charge is 0.387 e. The summed E-state index contributed by atoms with van der Waals surface area (Å²) in [5.74, 6) is -1.55. The molecule has 0 aliphatic carbocycles. The molecule has 0 bridgehead atoms. The Morgan fingerprint density at radius 3 is 2.86 bits per heavy atom. The summed E-state index contributed by atoms with van der Waals surface area (Å²) in [6, 6.07) is 3.50. The van der Waals surface area contributed by atoms with Crippen LogP contribution in [0.4, 0.5) is 13.2 Å². The summed E-state index contributed by atoms with van der Waals surface area (Å²) in [4.78, 5) is 15.4. The van der Waals surface area contributed by atoms with Gasteiger partial charge in [-0.1, -0.05) is 6.07 Å². The lowest BCUT2D eigenvalue weighted by Crippen LogP contribution is -2.24. The van der Waals surface area contributed by atoms with Gasteiger partial charge in [0.25, 0.3) is 5.89 Å². The van der Waals surface area contributed by atoms with Gasteiger partial charge in [-0.3, -0.25) is 4.79 Å². The van der Waals surface area contributed by atoms with Crippen LogP contribution >= 0.6 is 0 Å². The van der Waals surface area contributed by atoms with E-state index in [1.165, 1.54) is 18.3 Å². The molecule has 0 aliphatic heterocycles. The highest BCUT2D eigenvalue weighted by molar-refractivity contribution is 5.89. The fraction of sp³-hybridized carbons (Fsp3) is 0.231. The number of aromatic nitrogens is 1. The van der Waals surface area contributed by atoms with Crippen molar-refractivity contribution in [1.29, 1.82) is 0 Å². The lowest BCUT2D eigenvalue weighted by atomic mass is 10.2. The number of oxazole rings is 1. The molecule has 8 heteroatoms. The predicted molar refractivity (Wildman–Crippen MR) is 65.4 cm³/mol. The number of nitrogens with zero attached hydrogens (tertiary/aromatic N) is 1. The second kappa shape index (κ2) is 6.29. The monoisotopic (exact) mass is 300 g/mol. The quantitative estimate of drug-likeness (QED) is 0.922. The summed E-state index contributed by atoms with van der Waals surface area (Å²) < 4.78 is 47.3. The molecule has 0 radical (unpaired) electrons. The first-order chi connectivity index (χ1) is 9.97. The van der Waals surface area contributed by atoms with Gasteiger partial charge in [-0.25, -0.2) is 9.37 Å². The first-order valence-corrected chi connectivity index (χ1v) is 5.90. The van der Waals surface area contributed by atoms with E-state index in [9.17, 15) is 18.0 Å². The highest BCUT2D eigenvalue weighted by Crippen LogP contribution is 2.23. The number of alkyl halides is 2. The fourth-order valence-corrected chi connectivity index (χ4v) is 1.62. The van der Waals surface area contributed by atoms with E-state index in [0.717, 1.165) is 6.07 Å². The van der Waals surface area contributed by atoms with Crippen LogP contribution in [0.3, 0.4) is 0 Å². The van der Waals surface area contributed by atoms with Crippen molar-refractivity contribution in [2.45, 2.75) is 20.1 Å². The van der Waals surface area contributed by atoms with Crippen LogP contribution in [0.2, 0.25) is 0 Å². The van der Waals surface area contributed by atoms with Crippen LogP contribution in [0.15, 0.2) is 28.8 Å². The molecule has 0 fully saturated rings. The normalized spacial score (nSPS) is 10.7. The second-order valence-corrected chi connectivity index (χ2v) is 4.05. The SMILES string of the molecule is Cc1cnc(C(=O)NCc2c(F)cccc2OC(F)F)o1.